The molecule has 1 nitrogen and oxygen atoms in total. The third-order valence-electron chi connectivity index (χ3n) is 3.35. The molecule has 0 aromatic carbocycles. The van der Waals surface area contributed by atoms with Gasteiger partial charge in [0.2, 0.25) is 0 Å². The highest BCUT2D eigenvalue weighted by Gasteiger charge is 2.06. The lowest BCUT2D eigenvalue weighted by molar-refractivity contribution is 0.398. The minimum absolute atomic E-state index is 0.927. The Morgan fingerprint density at radius 3 is 2.06 bits per heavy atom. The SMILES string of the molecule is CCCCCCCCC(CCC)CNCC. The summed E-state index contributed by atoms with van der Waals surface area (Å²) in [6.45, 7) is 9.15. The molecular formula is C15H33N. The van der Waals surface area contributed by atoms with Crippen LogP contribution in [0.1, 0.15) is 78.6 Å². The van der Waals surface area contributed by atoms with E-state index in [9.17, 15) is 0 Å². The second kappa shape index (κ2) is 13.0. The maximum absolute atomic E-state index is 3.49. The molecule has 98 valence electrons. The molecule has 1 N–H and O–H groups in total. The zero-order chi connectivity index (χ0) is 12.1. The standard InChI is InChI=1S/C15H33N/c1-4-7-8-9-10-11-13-15(12-5-2)14-16-6-3/h15-16H,4-14H2,1-3H3. The van der Waals surface area contributed by atoms with E-state index in [0.717, 1.165) is 12.5 Å². The van der Waals surface area contributed by atoms with E-state index >= 15 is 0 Å². The van der Waals surface area contributed by atoms with E-state index in [1.807, 2.05) is 0 Å². The number of nitrogens with one attached hydrogen (secondary N) is 1. The molecule has 16 heavy (non-hydrogen) atoms. The lowest BCUT2D eigenvalue weighted by Gasteiger charge is -2.16. The summed E-state index contributed by atoms with van der Waals surface area (Å²) in [5.41, 5.74) is 0. The molecule has 0 saturated heterocycles. The van der Waals surface area contributed by atoms with Gasteiger partial charge >= 0.3 is 0 Å². The van der Waals surface area contributed by atoms with Crippen LogP contribution in [0.5, 0.6) is 0 Å². The quantitative estimate of drug-likeness (QED) is 0.474. The average molecular weight is 227 g/mol. The van der Waals surface area contributed by atoms with Gasteiger partial charge in [0.05, 0.1) is 0 Å². The van der Waals surface area contributed by atoms with Gasteiger partial charge in [0, 0.05) is 0 Å². The van der Waals surface area contributed by atoms with Gasteiger partial charge in [-0.05, 0) is 31.8 Å². The van der Waals surface area contributed by atoms with Crippen LogP contribution in [0.25, 0.3) is 0 Å². The first-order valence-electron chi connectivity index (χ1n) is 7.55. The zero-order valence-electron chi connectivity index (χ0n) is 11.9. The van der Waals surface area contributed by atoms with Crippen LogP contribution < -0.4 is 5.32 Å². The van der Waals surface area contributed by atoms with E-state index < -0.39 is 0 Å². The van der Waals surface area contributed by atoms with E-state index in [2.05, 4.69) is 26.1 Å². The van der Waals surface area contributed by atoms with Gasteiger partial charge in [-0.2, -0.15) is 0 Å². The Hall–Kier alpha value is -0.0400. The maximum Gasteiger partial charge on any atom is -0.00206 e. The molecule has 1 unspecified atom stereocenters. The largest absolute Gasteiger partial charge is 0.317 e. The van der Waals surface area contributed by atoms with Crippen LogP contribution in [0, 0.1) is 5.92 Å². The fourth-order valence-corrected chi connectivity index (χ4v) is 2.32. The topological polar surface area (TPSA) is 12.0 Å². The van der Waals surface area contributed by atoms with Crippen molar-refractivity contribution < 1.29 is 0 Å². The van der Waals surface area contributed by atoms with Crippen molar-refractivity contribution in [2.75, 3.05) is 13.1 Å². The molecule has 0 aliphatic rings. The van der Waals surface area contributed by atoms with Gasteiger partial charge in [-0.1, -0.05) is 65.7 Å². The summed E-state index contributed by atoms with van der Waals surface area (Å²) in [4.78, 5) is 0. The lowest BCUT2D eigenvalue weighted by atomic mass is 9.96. The molecule has 1 atom stereocenters. The fraction of sp³-hybridized carbons (Fsp3) is 1.00. The Labute approximate surface area is 103 Å². The molecule has 0 aromatic rings. The van der Waals surface area contributed by atoms with Gasteiger partial charge in [0.25, 0.3) is 0 Å². The van der Waals surface area contributed by atoms with Crippen LogP contribution in [-0.2, 0) is 0 Å². The van der Waals surface area contributed by atoms with Crippen LogP contribution in [0.2, 0.25) is 0 Å². The molecule has 0 fully saturated rings. The van der Waals surface area contributed by atoms with Gasteiger partial charge in [-0.15, -0.1) is 0 Å². The Kier molecular flexibility index (Phi) is 13.0. The van der Waals surface area contributed by atoms with Crippen molar-refractivity contribution in [3.05, 3.63) is 0 Å². The summed E-state index contributed by atoms with van der Waals surface area (Å²) in [6, 6.07) is 0. The molecule has 0 heterocycles. The predicted octanol–water partition coefficient (Wildman–Crippen LogP) is 4.76. The van der Waals surface area contributed by atoms with Crippen molar-refractivity contribution in [2.24, 2.45) is 5.92 Å². The van der Waals surface area contributed by atoms with Crippen molar-refractivity contribution in [3.63, 3.8) is 0 Å². The molecular weight excluding hydrogens is 194 g/mol. The molecule has 0 radical (unpaired) electrons. The minimum atomic E-state index is 0.927. The number of hydrogen-bond donors (Lipinski definition) is 1. The van der Waals surface area contributed by atoms with Crippen LogP contribution in [0.3, 0.4) is 0 Å². The molecule has 0 bridgehead atoms. The third kappa shape index (κ3) is 10.5. The Morgan fingerprint density at radius 2 is 1.44 bits per heavy atom. The third-order valence-corrected chi connectivity index (χ3v) is 3.35. The van der Waals surface area contributed by atoms with Gasteiger partial charge in [-0.3, -0.25) is 0 Å². The van der Waals surface area contributed by atoms with Crippen molar-refractivity contribution in [2.45, 2.75) is 78.6 Å². The highest BCUT2D eigenvalue weighted by atomic mass is 14.8. The first kappa shape index (κ1) is 16.0. The van der Waals surface area contributed by atoms with Crippen LogP contribution >= 0.6 is 0 Å². The van der Waals surface area contributed by atoms with E-state index in [0.29, 0.717) is 0 Å². The Bertz CT molecular complexity index is 123. The van der Waals surface area contributed by atoms with E-state index in [4.69, 9.17) is 0 Å². The van der Waals surface area contributed by atoms with Gasteiger partial charge in [0.15, 0.2) is 0 Å². The van der Waals surface area contributed by atoms with Gasteiger partial charge in [0.1, 0.15) is 0 Å². The van der Waals surface area contributed by atoms with E-state index in [1.54, 1.807) is 0 Å². The number of rotatable bonds is 12. The fourth-order valence-electron chi connectivity index (χ4n) is 2.32. The Balaban J connectivity index is 3.36. The highest BCUT2D eigenvalue weighted by Crippen LogP contribution is 2.16. The van der Waals surface area contributed by atoms with Gasteiger partial charge in [-0.25, -0.2) is 0 Å². The normalized spacial score (nSPS) is 12.9. The second-order valence-electron chi connectivity index (χ2n) is 5.02. The molecule has 0 amide bonds. The summed E-state index contributed by atoms with van der Waals surface area (Å²) in [5, 5.41) is 3.49. The summed E-state index contributed by atoms with van der Waals surface area (Å²) in [7, 11) is 0. The first-order chi connectivity index (χ1) is 7.85. The van der Waals surface area contributed by atoms with Crippen LogP contribution in [0.15, 0.2) is 0 Å². The average Bonchev–Trinajstić information content (AvgIpc) is 2.30. The van der Waals surface area contributed by atoms with Crippen molar-refractivity contribution in [1.29, 1.82) is 0 Å². The van der Waals surface area contributed by atoms with Crippen LogP contribution in [-0.4, -0.2) is 13.1 Å². The molecule has 0 spiro atoms. The monoisotopic (exact) mass is 227 g/mol. The van der Waals surface area contributed by atoms with Crippen LogP contribution in [0.4, 0.5) is 0 Å². The zero-order valence-corrected chi connectivity index (χ0v) is 11.9. The Morgan fingerprint density at radius 1 is 0.750 bits per heavy atom. The molecule has 0 rings (SSSR count). The van der Waals surface area contributed by atoms with Crippen molar-refractivity contribution >= 4 is 0 Å². The molecule has 0 aliphatic heterocycles. The molecule has 0 saturated carbocycles. The number of hydrogen-bond acceptors (Lipinski definition) is 1. The van der Waals surface area contributed by atoms with Crippen molar-refractivity contribution in [3.8, 4) is 0 Å². The van der Waals surface area contributed by atoms with Gasteiger partial charge < -0.3 is 5.32 Å². The van der Waals surface area contributed by atoms with E-state index in [1.165, 1.54) is 64.3 Å². The minimum Gasteiger partial charge on any atom is -0.317 e. The first-order valence-corrected chi connectivity index (χ1v) is 7.55. The lowest BCUT2D eigenvalue weighted by Crippen LogP contribution is -2.22. The molecule has 0 aromatic heterocycles. The predicted molar refractivity (Wildman–Crippen MR) is 74.9 cm³/mol. The molecule has 1 heteroatoms. The summed E-state index contributed by atoms with van der Waals surface area (Å²) < 4.78 is 0. The number of unbranched alkanes of at least 4 members (excludes halogenated alkanes) is 5. The highest BCUT2D eigenvalue weighted by molar-refractivity contribution is 4.62. The maximum atomic E-state index is 3.49. The van der Waals surface area contributed by atoms with Crippen molar-refractivity contribution in [1.82, 2.24) is 5.32 Å². The smallest absolute Gasteiger partial charge is 0.00206 e. The van der Waals surface area contributed by atoms with E-state index in [-0.39, 0.29) is 0 Å². The second-order valence-corrected chi connectivity index (χ2v) is 5.02. The summed E-state index contributed by atoms with van der Waals surface area (Å²) in [5.74, 6) is 0.927. The summed E-state index contributed by atoms with van der Waals surface area (Å²) in [6.07, 6.45) is 12.8. The molecule has 0 aliphatic carbocycles. The summed E-state index contributed by atoms with van der Waals surface area (Å²) >= 11 is 0.